The third kappa shape index (κ3) is 5.12. The van der Waals surface area contributed by atoms with E-state index in [1.54, 1.807) is 16.9 Å². The summed E-state index contributed by atoms with van der Waals surface area (Å²) in [6, 6.07) is 9.99. The molecule has 0 radical (unpaired) electrons. The van der Waals surface area contributed by atoms with Crippen molar-refractivity contribution in [1.29, 1.82) is 0 Å². The lowest BCUT2D eigenvalue weighted by Gasteiger charge is -2.20. The van der Waals surface area contributed by atoms with E-state index < -0.39 is 6.10 Å². The second-order valence-electron chi connectivity index (χ2n) is 6.38. The number of β-amino-alcohol motifs (C(OH)–C–C–N with tert-alkyl or cyclic N) is 1. The number of amides is 1. The fraction of sp³-hybridized carbons (Fsp3) is 0.444. The number of rotatable bonds is 5. The van der Waals surface area contributed by atoms with Crippen LogP contribution in [0.4, 0.5) is 5.82 Å². The van der Waals surface area contributed by atoms with E-state index in [0.717, 1.165) is 5.56 Å². The number of benzene rings is 1. The Morgan fingerprint density at radius 3 is 3.16 bits per heavy atom. The molecule has 0 saturated carbocycles. The van der Waals surface area contributed by atoms with Crippen molar-refractivity contribution in [3.63, 3.8) is 0 Å². The first-order chi connectivity index (χ1) is 12.1. The van der Waals surface area contributed by atoms with Crippen LogP contribution in [0.3, 0.4) is 0 Å². The lowest BCUT2D eigenvalue weighted by molar-refractivity contribution is -0.117. The van der Waals surface area contributed by atoms with Crippen LogP contribution in [0.2, 0.25) is 0 Å². The summed E-state index contributed by atoms with van der Waals surface area (Å²) in [5.74, 6) is 0.540. The van der Waals surface area contributed by atoms with Gasteiger partial charge in [-0.15, -0.1) is 0 Å². The number of anilines is 1. The van der Waals surface area contributed by atoms with Gasteiger partial charge in [-0.2, -0.15) is 5.10 Å². The highest BCUT2D eigenvalue weighted by atomic mass is 16.5. The summed E-state index contributed by atoms with van der Waals surface area (Å²) < 4.78 is 7.05. The van der Waals surface area contributed by atoms with E-state index in [9.17, 15) is 9.90 Å². The molecule has 25 heavy (non-hydrogen) atoms. The number of carbonyl (C=O) groups is 1. The Labute approximate surface area is 147 Å². The average molecular weight is 344 g/mol. The summed E-state index contributed by atoms with van der Waals surface area (Å²) >= 11 is 0. The number of nitrogens with one attached hydrogen (secondary N) is 1. The molecule has 7 nitrogen and oxygen atoms in total. The predicted octanol–water partition coefficient (Wildman–Crippen LogP) is 0.871. The van der Waals surface area contributed by atoms with E-state index in [0.29, 0.717) is 38.7 Å². The van der Waals surface area contributed by atoms with Gasteiger partial charge in [0, 0.05) is 19.2 Å². The lowest BCUT2D eigenvalue weighted by Crippen LogP contribution is -2.38. The van der Waals surface area contributed by atoms with Gasteiger partial charge in [0.2, 0.25) is 5.91 Å². The Morgan fingerprint density at radius 2 is 2.32 bits per heavy atom. The topological polar surface area (TPSA) is 79.6 Å². The molecule has 134 valence electrons. The minimum absolute atomic E-state index is 0.125. The maximum atomic E-state index is 12.3. The number of carbonyl (C=O) groups excluding carboxylic acids is 1. The summed E-state index contributed by atoms with van der Waals surface area (Å²) in [7, 11) is 0. The van der Waals surface area contributed by atoms with Crippen LogP contribution in [0, 0.1) is 6.92 Å². The van der Waals surface area contributed by atoms with Gasteiger partial charge < -0.3 is 15.2 Å². The second kappa shape index (κ2) is 8.24. The van der Waals surface area contributed by atoms with Crippen LogP contribution >= 0.6 is 0 Å². The van der Waals surface area contributed by atoms with E-state index in [-0.39, 0.29) is 12.5 Å². The summed E-state index contributed by atoms with van der Waals surface area (Å²) in [5, 5.41) is 16.9. The largest absolute Gasteiger partial charge is 0.389 e. The molecular weight excluding hydrogens is 320 g/mol. The van der Waals surface area contributed by atoms with Crippen LogP contribution in [-0.2, 0) is 16.1 Å². The molecule has 1 unspecified atom stereocenters. The maximum Gasteiger partial charge on any atom is 0.239 e. The molecule has 1 aromatic carbocycles. The molecule has 0 spiro atoms. The van der Waals surface area contributed by atoms with E-state index >= 15 is 0 Å². The fourth-order valence-corrected chi connectivity index (χ4v) is 2.93. The molecule has 1 aliphatic heterocycles. The van der Waals surface area contributed by atoms with E-state index in [1.807, 2.05) is 17.0 Å². The van der Waals surface area contributed by atoms with Crippen molar-refractivity contribution in [2.75, 3.05) is 38.2 Å². The first kappa shape index (κ1) is 17.6. The number of aliphatic hydroxyl groups is 1. The van der Waals surface area contributed by atoms with Gasteiger partial charge >= 0.3 is 0 Å². The monoisotopic (exact) mass is 344 g/mol. The van der Waals surface area contributed by atoms with E-state index in [4.69, 9.17) is 4.74 Å². The number of nitrogens with zero attached hydrogens (tertiary/aromatic N) is 3. The Bertz CT molecular complexity index is 716. The van der Waals surface area contributed by atoms with Crippen LogP contribution in [0.1, 0.15) is 11.1 Å². The molecule has 2 aromatic rings. The predicted molar refractivity (Wildman–Crippen MR) is 94.4 cm³/mol. The highest BCUT2D eigenvalue weighted by molar-refractivity contribution is 5.91. The highest BCUT2D eigenvalue weighted by Gasteiger charge is 2.19. The zero-order valence-corrected chi connectivity index (χ0v) is 14.4. The summed E-state index contributed by atoms with van der Waals surface area (Å²) in [6.45, 7) is 4.78. The molecule has 2 N–H and O–H groups in total. The third-order valence-electron chi connectivity index (χ3n) is 4.10. The fourth-order valence-electron chi connectivity index (χ4n) is 2.93. The molecule has 7 heteroatoms. The SMILES string of the molecule is Cc1cccc(Cn2nccc2NC(=O)CN2CCOCC(O)C2)c1. The van der Waals surface area contributed by atoms with Crippen molar-refractivity contribution in [3.05, 3.63) is 47.7 Å². The number of hydrogen-bond donors (Lipinski definition) is 2. The molecule has 1 atom stereocenters. The van der Waals surface area contributed by atoms with E-state index in [2.05, 4.69) is 29.5 Å². The van der Waals surface area contributed by atoms with Crippen molar-refractivity contribution in [2.24, 2.45) is 0 Å². The first-order valence-electron chi connectivity index (χ1n) is 8.45. The Kier molecular flexibility index (Phi) is 5.80. The number of aliphatic hydroxyl groups excluding tert-OH is 1. The third-order valence-corrected chi connectivity index (χ3v) is 4.10. The minimum Gasteiger partial charge on any atom is -0.389 e. The van der Waals surface area contributed by atoms with Crippen molar-refractivity contribution >= 4 is 11.7 Å². The molecule has 1 fully saturated rings. The first-order valence-corrected chi connectivity index (χ1v) is 8.45. The smallest absolute Gasteiger partial charge is 0.239 e. The van der Waals surface area contributed by atoms with Crippen molar-refractivity contribution in [1.82, 2.24) is 14.7 Å². The van der Waals surface area contributed by atoms with Crippen LogP contribution in [-0.4, -0.2) is 64.6 Å². The Hall–Kier alpha value is -2.22. The number of hydrogen-bond acceptors (Lipinski definition) is 5. The molecule has 1 amide bonds. The molecule has 1 aromatic heterocycles. The van der Waals surface area contributed by atoms with Crippen molar-refractivity contribution in [3.8, 4) is 0 Å². The zero-order valence-electron chi connectivity index (χ0n) is 14.4. The van der Waals surface area contributed by atoms with E-state index in [1.165, 1.54) is 5.56 Å². The maximum absolute atomic E-state index is 12.3. The molecule has 1 saturated heterocycles. The van der Waals surface area contributed by atoms with Crippen LogP contribution in [0.15, 0.2) is 36.5 Å². The number of aryl methyl sites for hydroxylation is 1. The van der Waals surface area contributed by atoms with Crippen molar-refractivity contribution in [2.45, 2.75) is 19.6 Å². The normalized spacial score (nSPS) is 18.7. The lowest BCUT2D eigenvalue weighted by atomic mass is 10.1. The molecule has 0 bridgehead atoms. The Morgan fingerprint density at radius 1 is 1.44 bits per heavy atom. The van der Waals surface area contributed by atoms with Gasteiger partial charge in [-0.1, -0.05) is 29.8 Å². The van der Waals surface area contributed by atoms with Gasteiger partial charge in [-0.05, 0) is 12.5 Å². The van der Waals surface area contributed by atoms with Gasteiger partial charge in [-0.25, -0.2) is 4.68 Å². The zero-order chi connectivity index (χ0) is 17.6. The summed E-state index contributed by atoms with van der Waals surface area (Å²) in [6.07, 6.45) is 1.12. The molecule has 2 heterocycles. The summed E-state index contributed by atoms with van der Waals surface area (Å²) in [4.78, 5) is 14.2. The summed E-state index contributed by atoms with van der Waals surface area (Å²) in [5.41, 5.74) is 2.32. The average Bonchev–Trinajstić information content (AvgIpc) is 2.87. The van der Waals surface area contributed by atoms with Gasteiger partial charge in [0.1, 0.15) is 5.82 Å². The molecule has 1 aliphatic rings. The quantitative estimate of drug-likeness (QED) is 0.841. The number of ether oxygens (including phenoxy) is 1. The second-order valence-corrected chi connectivity index (χ2v) is 6.38. The van der Waals surface area contributed by atoms with Crippen LogP contribution in [0.25, 0.3) is 0 Å². The Balaban J connectivity index is 1.59. The standard InChI is InChI=1S/C18H24N4O3/c1-14-3-2-4-15(9-14)10-22-17(5-6-19-22)20-18(24)12-21-7-8-25-13-16(23)11-21/h2-6,9,16,23H,7-8,10-13H2,1H3,(H,20,24). The van der Waals surface area contributed by atoms with Gasteiger partial charge in [0.15, 0.2) is 0 Å². The van der Waals surface area contributed by atoms with Gasteiger partial charge in [-0.3, -0.25) is 9.69 Å². The molecule has 3 rings (SSSR count). The molecular formula is C18H24N4O3. The highest BCUT2D eigenvalue weighted by Crippen LogP contribution is 2.12. The van der Waals surface area contributed by atoms with Crippen LogP contribution in [0.5, 0.6) is 0 Å². The minimum atomic E-state index is -0.554. The van der Waals surface area contributed by atoms with Gasteiger partial charge in [0.05, 0.1) is 38.6 Å². The number of aromatic nitrogens is 2. The van der Waals surface area contributed by atoms with Crippen LogP contribution < -0.4 is 5.32 Å². The molecule has 0 aliphatic carbocycles. The van der Waals surface area contributed by atoms with Crippen molar-refractivity contribution < 1.29 is 14.6 Å². The van der Waals surface area contributed by atoms with Gasteiger partial charge in [0.25, 0.3) is 0 Å².